The van der Waals surface area contributed by atoms with Gasteiger partial charge in [-0.25, -0.2) is 9.59 Å². The normalized spacial score (nSPS) is 18.3. The number of carbonyl (C=O) groups is 5. The molecule has 226 valence electrons. The van der Waals surface area contributed by atoms with Gasteiger partial charge in [-0.1, -0.05) is 19.9 Å². The molecule has 2 aliphatic rings. The molecule has 0 aromatic heterocycles. The molecule has 0 spiro atoms. The molecule has 5 N–H and O–H groups in total. The van der Waals surface area contributed by atoms with Gasteiger partial charge in [-0.2, -0.15) is 0 Å². The topological polar surface area (TPSA) is 166 Å². The van der Waals surface area contributed by atoms with Gasteiger partial charge in [-0.05, 0) is 75.2 Å². The fourth-order valence-corrected chi connectivity index (χ4v) is 5.00. The van der Waals surface area contributed by atoms with Crippen molar-refractivity contribution in [2.75, 3.05) is 44.6 Å². The Morgan fingerprint density at radius 3 is 2.59 bits per heavy atom. The van der Waals surface area contributed by atoms with Crippen LogP contribution in [-0.2, 0) is 19.1 Å². The van der Waals surface area contributed by atoms with Crippen molar-refractivity contribution >= 4 is 35.5 Å². The average Bonchev–Trinajstić information content (AvgIpc) is 2.97. The predicted octanol–water partition coefficient (Wildman–Crippen LogP) is 2.21. The van der Waals surface area contributed by atoms with Crippen LogP contribution in [0.2, 0.25) is 0 Å². The Balaban J connectivity index is 1.47. The molecular formula is C29H43N5O7. The monoisotopic (exact) mass is 573 g/mol. The lowest BCUT2D eigenvalue weighted by molar-refractivity contribution is -0.139. The highest BCUT2D eigenvalue weighted by Gasteiger charge is 2.30. The standard InChI is InChI=1S/C29H43N5O7/c1-19(2)18-41-29(40)32-23-7-3-5-21(15-23)27(37)33-24(28(38)39)16-31-26(36)22-6-4-14-34(17-22)25(35)9-8-20-10-12-30-13-11-20/h3,5,7,15,19-20,22,24,30H,4,6,8-14,16-18H2,1-2H3,(H,31,36)(H,32,40)(H,33,37)(H,38,39)/t22-,24+/m1/s1. The number of piperidine rings is 2. The number of hydrogen-bond acceptors (Lipinski definition) is 7. The number of carboxylic acid groups (broad SMARTS) is 1. The molecule has 0 radical (unpaired) electrons. The Kier molecular flexibility index (Phi) is 12.4. The third-order valence-electron chi connectivity index (χ3n) is 7.37. The van der Waals surface area contributed by atoms with E-state index >= 15 is 0 Å². The number of carbonyl (C=O) groups excluding carboxylic acids is 4. The van der Waals surface area contributed by atoms with Gasteiger partial charge in [-0.15, -0.1) is 0 Å². The van der Waals surface area contributed by atoms with Gasteiger partial charge in [0.15, 0.2) is 0 Å². The minimum Gasteiger partial charge on any atom is -0.480 e. The van der Waals surface area contributed by atoms with E-state index in [9.17, 15) is 29.1 Å². The zero-order valence-corrected chi connectivity index (χ0v) is 23.9. The quantitative estimate of drug-likeness (QED) is 0.254. The first kappa shape index (κ1) is 31.9. The fourth-order valence-electron chi connectivity index (χ4n) is 5.00. The summed E-state index contributed by atoms with van der Waals surface area (Å²) in [5.41, 5.74) is 0.453. The number of carboxylic acids is 1. The van der Waals surface area contributed by atoms with Crippen molar-refractivity contribution in [1.82, 2.24) is 20.9 Å². The van der Waals surface area contributed by atoms with Crippen LogP contribution in [0, 0.1) is 17.8 Å². The number of likely N-dealkylation sites (tertiary alicyclic amines) is 1. The van der Waals surface area contributed by atoms with Crippen LogP contribution in [0.25, 0.3) is 0 Å². The van der Waals surface area contributed by atoms with Crippen LogP contribution in [0.4, 0.5) is 10.5 Å². The maximum absolute atomic E-state index is 12.9. The van der Waals surface area contributed by atoms with Crippen LogP contribution in [-0.4, -0.2) is 85.2 Å². The third kappa shape index (κ3) is 10.7. The van der Waals surface area contributed by atoms with E-state index in [4.69, 9.17) is 4.74 Å². The number of anilines is 1. The summed E-state index contributed by atoms with van der Waals surface area (Å²) in [6.07, 6.45) is 4.13. The highest BCUT2D eigenvalue weighted by Crippen LogP contribution is 2.21. The van der Waals surface area contributed by atoms with Crippen molar-refractivity contribution in [2.24, 2.45) is 17.8 Å². The van der Waals surface area contributed by atoms with Gasteiger partial charge in [-0.3, -0.25) is 19.7 Å². The van der Waals surface area contributed by atoms with Gasteiger partial charge < -0.3 is 30.7 Å². The van der Waals surface area contributed by atoms with E-state index in [2.05, 4.69) is 21.3 Å². The molecule has 2 saturated heterocycles. The van der Waals surface area contributed by atoms with Gasteiger partial charge >= 0.3 is 12.1 Å². The smallest absolute Gasteiger partial charge is 0.411 e. The lowest BCUT2D eigenvalue weighted by Crippen LogP contribution is -2.51. The molecule has 2 heterocycles. The van der Waals surface area contributed by atoms with Gasteiger partial charge in [0.2, 0.25) is 11.8 Å². The molecule has 4 amide bonds. The van der Waals surface area contributed by atoms with E-state index in [1.54, 1.807) is 17.0 Å². The summed E-state index contributed by atoms with van der Waals surface area (Å²) in [4.78, 5) is 64.0. The maximum atomic E-state index is 12.9. The van der Waals surface area contributed by atoms with Gasteiger partial charge in [0.25, 0.3) is 5.91 Å². The summed E-state index contributed by atoms with van der Waals surface area (Å²) in [7, 11) is 0. The lowest BCUT2D eigenvalue weighted by Gasteiger charge is -2.33. The molecule has 0 saturated carbocycles. The number of aliphatic carboxylic acids is 1. The summed E-state index contributed by atoms with van der Waals surface area (Å²) in [6, 6.07) is 4.64. The van der Waals surface area contributed by atoms with Gasteiger partial charge in [0, 0.05) is 37.3 Å². The van der Waals surface area contributed by atoms with Crippen molar-refractivity contribution in [3.8, 4) is 0 Å². The zero-order valence-electron chi connectivity index (χ0n) is 23.9. The molecule has 3 rings (SSSR count). The Morgan fingerprint density at radius 2 is 1.88 bits per heavy atom. The Morgan fingerprint density at radius 1 is 1.12 bits per heavy atom. The van der Waals surface area contributed by atoms with Crippen LogP contribution in [0.15, 0.2) is 24.3 Å². The predicted molar refractivity (Wildman–Crippen MR) is 152 cm³/mol. The second kappa shape index (κ2) is 15.9. The summed E-state index contributed by atoms with van der Waals surface area (Å²) in [5, 5.41) is 20.6. The minimum atomic E-state index is -1.37. The summed E-state index contributed by atoms with van der Waals surface area (Å²) in [6.45, 7) is 6.64. The Labute approximate surface area is 240 Å². The van der Waals surface area contributed by atoms with E-state index in [1.165, 1.54) is 12.1 Å². The van der Waals surface area contributed by atoms with E-state index in [0.29, 0.717) is 44.0 Å². The highest BCUT2D eigenvalue weighted by molar-refractivity contribution is 5.98. The van der Waals surface area contributed by atoms with Crippen molar-refractivity contribution in [3.63, 3.8) is 0 Å². The van der Waals surface area contributed by atoms with Crippen LogP contribution in [0.5, 0.6) is 0 Å². The van der Waals surface area contributed by atoms with Crippen LogP contribution >= 0.6 is 0 Å². The molecule has 2 fully saturated rings. The number of nitrogens with one attached hydrogen (secondary N) is 4. The van der Waals surface area contributed by atoms with Gasteiger partial charge in [0.05, 0.1) is 12.5 Å². The number of hydrogen-bond donors (Lipinski definition) is 5. The van der Waals surface area contributed by atoms with E-state index in [-0.39, 0.29) is 36.4 Å². The number of benzene rings is 1. The Hall–Kier alpha value is -3.67. The largest absolute Gasteiger partial charge is 0.480 e. The number of nitrogens with zero attached hydrogens (tertiary/aromatic N) is 1. The molecular weight excluding hydrogens is 530 g/mol. The molecule has 0 aliphatic carbocycles. The summed E-state index contributed by atoms with van der Waals surface area (Å²) >= 11 is 0. The maximum Gasteiger partial charge on any atom is 0.411 e. The zero-order chi connectivity index (χ0) is 29.8. The van der Waals surface area contributed by atoms with Crippen molar-refractivity contribution < 1.29 is 33.8 Å². The number of rotatable bonds is 12. The SMILES string of the molecule is CC(C)COC(=O)Nc1cccc(C(=O)N[C@@H](CNC(=O)[C@@H]2CCCN(C(=O)CCC3CCNCC3)C2)C(=O)O)c1. The van der Waals surface area contributed by atoms with Gasteiger partial charge in [0.1, 0.15) is 6.04 Å². The molecule has 1 aromatic carbocycles. The minimum absolute atomic E-state index is 0.0570. The third-order valence-corrected chi connectivity index (χ3v) is 7.37. The summed E-state index contributed by atoms with van der Waals surface area (Å²) < 4.78 is 5.07. The van der Waals surface area contributed by atoms with Crippen molar-refractivity contribution in [3.05, 3.63) is 29.8 Å². The molecule has 12 nitrogen and oxygen atoms in total. The first-order valence-electron chi connectivity index (χ1n) is 14.5. The highest BCUT2D eigenvalue weighted by atomic mass is 16.5. The van der Waals surface area contributed by atoms with Crippen LogP contribution in [0.3, 0.4) is 0 Å². The molecule has 0 bridgehead atoms. The summed E-state index contributed by atoms with van der Waals surface area (Å²) in [5.74, 6) is -1.97. The van der Waals surface area contributed by atoms with Crippen LogP contribution in [0.1, 0.15) is 62.7 Å². The molecule has 1 aromatic rings. The molecule has 12 heteroatoms. The molecule has 2 atom stereocenters. The lowest BCUT2D eigenvalue weighted by atomic mass is 9.92. The van der Waals surface area contributed by atoms with E-state index in [0.717, 1.165) is 32.4 Å². The van der Waals surface area contributed by atoms with Crippen molar-refractivity contribution in [2.45, 2.75) is 58.4 Å². The molecule has 41 heavy (non-hydrogen) atoms. The first-order valence-corrected chi connectivity index (χ1v) is 14.5. The van der Waals surface area contributed by atoms with E-state index in [1.807, 2.05) is 13.8 Å². The fraction of sp³-hybridized carbons (Fsp3) is 0.621. The molecule has 0 unspecified atom stereocenters. The second-order valence-electron chi connectivity index (χ2n) is 11.2. The van der Waals surface area contributed by atoms with Crippen LogP contribution < -0.4 is 21.3 Å². The Bertz CT molecular complexity index is 1070. The average molecular weight is 574 g/mol. The number of ether oxygens (including phenoxy) is 1. The second-order valence-corrected chi connectivity index (χ2v) is 11.2. The van der Waals surface area contributed by atoms with Crippen molar-refractivity contribution in [1.29, 1.82) is 0 Å². The van der Waals surface area contributed by atoms with E-state index < -0.39 is 29.9 Å². The first-order chi connectivity index (χ1) is 19.6. The molecule has 2 aliphatic heterocycles. The number of amides is 4.